The largest absolute Gasteiger partial charge is 0.507 e. The molecule has 0 aliphatic heterocycles. The molecule has 0 spiro atoms. The van der Waals surface area contributed by atoms with Gasteiger partial charge >= 0.3 is 6.18 Å². The number of hydrogen-bond acceptors (Lipinski definition) is 3. The number of aromatic hydroxyl groups is 1. The minimum Gasteiger partial charge on any atom is -0.507 e. The van der Waals surface area contributed by atoms with Crippen molar-refractivity contribution in [1.82, 2.24) is 0 Å². The van der Waals surface area contributed by atoms with Gasteiger partial charge in [-0.2, -0.15) is 13.2 Å². The Balaban J connectivity index is 0.00000289. The van der Waals surface area contributed by atoms with Crippen LogP contribution in [0.1, 0.15) is 11.6 Å². The van der Waals surface area contributed by atoms with Crippen molar-refractivity contribution >= 4 is 35.6 Å². The van der Waals surface area contributed by atoms with Crippen molar-refractivity contribution in [3.8, 4) is 5.75 Å². The Morgan fingerprint density at radius 1 is 1.22 bits per heavy atom. The number of phenolic OH excluding ortho intramolecular Hbond substituents is 1. The molecular weight excluding hydrogens is 317 g/mol. The summed E-state index contributed by atoms with van der Waals surface area (Å²) in [7, 11) is 0. The minimum atomic E-state index is -4.91. The molecule has 1 aromatic carbocycles. The predicted molar refractivity (Wildman–Crippen MR) is 64.4 cm³/mol. The first kappa shape index (κ1) is 17.6. The summed E-state index contributed by atoms with van der Waals surface area (Å²) in [6.45, 7) is 0. The molecule has 0 saturated heterocycles. The van der Waals surface area contributed by atoms with Crippen LogP contribution in [-0.2, 0) is 0 Å². The Bertz CT molecular complexity index is 405. The Hall–Kier alpha value is -0.400. The number of phenols is 1. The maximum atomic E-state index is 12.2. The van der Waals surface area contributed by atoms with E-state index in [9.17, 15) is 18.3 Å². The Kier molecular flexibility index (Phi) is 6.03. The first-order valence-corrected chi connectivity index (χ1v) is 5.08. The van der Waals surface area contributed by atoms with Gasteiger partial charge in [-0.15, -0.1) is 12.4 Å². The smallest absolute Gasteiger partial charge is 0.416 e. The minimum absolute atomic E-state index is 0. The van der Waals surface area contributed by atoms with Crippen molar-refractivity contribution in [1.29, 1.82) is 0 Å². The molecule has 18 heavy (non-hydrogen) atoms. The van der Waals surface area contributed by atoms with Crippen LogP contribution in [0.5, 0.6) is 5.75 Å². The SMILES string of the molecule is Cl.N[C@@H](c1c(O)cc(Cl)cc1Cl)[C@H](O)C(F)(F)F. The first-order valence-electron chi connectivity index (χ1n) is 4.33. The molecule has 3 nitrogen and oxygen atoms in total. The molecule has 0 fully saturated rings. The van der Waals surface area contributed by atoms with Crippen LogP contribution in [0.15, 0.2) is 12.1 Å². The number of aliphatic hydroxyl groups excluding tert-OH is 1. The van der Waals surface area contributed by atoms with Crippen LogP contribution < -0.4 is 5.73 Å². The second kappa shape index (κ2) is 6.16. The van der Waals surface area contributed by atoms with E-state index in [1.54, 1.807) is 0 Å². The Morgan fingerprint density at radius 3 is 2.11 bits per heavy atom. The molecule has 0 amide bonds. The molecule has 0 aromatic heterocycles. The van der Waals surface area contributed by atoms with Crippen molar-refractivity contribution in [3.63, 3.8) is 0 Å². The molecule has 2 atom stereocenters. The van der Waals surface area contributed by atoms with Gasteiger partial charge in [-0.25, -0.2) is 0 Å². The number of alkyl halides is 3. The van der Waals surface area contributed by atoms with Crippen LogP contribution in [0, 0.1) is 0 Å². The topological polar surface area (TPSA) is 66.5 Å². The monoisotopic (exact) mass is 325 g/mol. The van der Waals surface area contributed by atoms with Crippen molar-refractivity contribution < 1.29 is 23.4 Å². The third-order valence-electron chi connectivity index (χ3n) is 2.08. The Labute approximate surface area is 117 Å². The van der Waals surface area contributed by atoms with E-state index >= 15 is 0 Å². The van der Waals surface area contributed by atoms with E-state index in [0.29, 0.717) is 0 Å². The fourth-order valence-corrected chi connectivity index (χ4v) is 1.87. The molecule has 0 unspecified atom stereocenters. The highest BCUT2D eigenvalue weighted by atomic mass is 35.5. The van der Waals surface area contributed by atoms with Crippen molar-refractivity contribution in [2.75, 3.05) is 0 Å². The highest BCUT2D eigenvalue weighted by Gasteiger charge is 2.44. The van der Waals surface area contributed by atoms with Crippen molar-refractivity contribution in [2.45, 2.75) is 18.3 Å². The molecule has 0 radical (unpaired) electrons. The molecule has 1 aromatic rings. The average molecular weight is 327 g/mol. The zero-order chi connectivity index (χ0) is 13.4. The molecule has 1 rings (SSSR count). The van der Waals surface area contributed by atoms with Crippen LogP contribution in [0.4, 0.5) is 13.2 Å². The Morgan fingerprint density at radius 2 is 1.72 bits per heavy atom. The lowest BCUT2D eigenvalue weighted by Crippen LogP contribution is -2.39. The van der Waals surface area contributed by atoms with Crippen LogP contribution in [0.3, 0.4) is 0 Å². The van der Waals surface area contributed by atoms with Gasteiger partial charge in [0.05, 0.1) is 11.1 Å². The molecule has 0 aliphatic rings. The standard InChI is InChI=1S/C9H8Cl2F3NO2.ClH/c10-3-1-4(11)6(5(16)2-3)7(15)8(17)9(12,13)14;/h1-2,7-8,16-17H,15H2;1H/t7-,8-;/m0./s1. The molecular formula is C9H9Cl3F3NO2. The van der Waals surface area contributed by atoms with E-state index in [0.717, 1.165) is 12.1 Å². The fourth-order valence-electron chi connectivity index (χ4n) is 1.26. The quantitative estimate of drug-likeness (QED) is 0.782. The lowest BCUT2D eigenvalue weighted by Gasteiger charge is -2.23. The van der Waals surface area contributed by atoms with Crippen molar-refractivity contribution in [3.05, 3.63) is 27.7 Å². The summed E-state index contributed by atoms with van der Waals surface area (Å²) in [6, 6.07) is 0.229. The van der Waals surface area contributed by atoms with E-state index in [1.165, 1.54) is 0 Å². The van der Waals surface area contributed by atoms with Gasteiger partial charge in [0.1, 0.15) is 5.75 Å². The zero-order valence-electron chi connectivity index (χ0n) is 8.58. The van der Waals surface area contributed by atoms with Crippen LogP contribution in [-0.4, -0.2) is 22.5 Å². The summed E-state index contributed by atoms with van der Waals surface area (Å²) in [4.78, 5) is 0. The van der Waals surface area contributed by atoms with E-state index in [-0.39, 0.29) is 22.5 Å². The highest BCUT2D eigenvalue weighted by molar-refractivity contribution is 6.35. The predicted octanol–water partition coefficient (Wildman–Crippen LogP) is 3.04. The van der Waals surface area contributed by atoms with Crippen LogP contribution in [0.25, 0.3) is 0 Å². The van der Waals surface area contributed by atoms with E-state index in [1.807, 2.05) is 0 Å². The van der Waals surface area contributed by atoms with Gasteiger partial charge < -0.3 is 15.9 Å². The number of hydrogen-bond donors (Lipinski definition) is 3. The summed E-state index contributed by atoms with van der Waals surface area (Å²) < 4.78 is 36.7. The maximum Gasteiger partial charge on any atom is 0.416 e. The fraction of sp³-hybridized carbons (Fsp3) is 0.333. The van der Waals surface area contributed by atoms with Crippen molar-refractivity contribution in [2.24, 2.45) is 5.73 Å². The van der Waals surface area contributed by atoms with E-state index in [2.05, 4.69) is 0 Å². The van der Waals surface area contributed by atoms with Gasteiger partial charge in [0, 0.05) is 10.6 Å². The van der Waals surface area contributed by atoms with Gasteiger partial charge in [-0.3, -0.25) is 0 Å². The summed E-state index contributed by atoms with van der Waals surface area (Å²) in [5.41, 5.74) is 4.82. The van der Waals surface area contributed by atoms with Gasteiger partial charge in [-0.1, -0.05) is 23.2 Å². The highest BCUT2D eigenvalue weighted by Crippen LogP contribution is 2.38. The number of benzene rings is 1. The molecule has 0 heterocycles. The van der Waals surface area contributed by atoms with Gasteiger partial charge in [0.15, 0.2) is 6.10 Å². The lowest BCUT2D eigenvalue weighted by atomic mass is 10.0. The normalized spacial score (nSPS) is 14.8. The first-order chi connectivity index (χ1) is 7.64. The summed E-state index contributed by atoms with van der Waals surface area (Å²) in [5, 5.41) is 18.2. The van der Waals surface area contributed by atoms with Crippen LogP contribution in [0.2, 0.25) is 10.0 Å². The van der Waals surface area contributed by atoms with Gasteiger partial charge in [0.25, 0.3) is 0 Å². The molecule has 104 valence electrons. The number of aliphatic hydroxyl groups is 1. The molecule has 4 N–H and O–H groups in total. The molecule has 9 heteroatoms. The van der Waals surface area contributed by atoms with E-state index < -0.39 is 29.6 Å². The lowest BCUT2D eigenvalue weighted by molar-refractivity contribution is -0.210. The molecule has 0 aliphatic carbocycles. The number of halogens is 6. The molecule has 0 bridgehead atoms. The van der Waals surface area contributed by atoms with Crippen LogP contribution >= 0.6 is 35.6 Å². The second-order valence-corrected chi connectivity index (χ2v) is 4.18. The number of nitrogens with two attached hydrogens (primary N) is 1. The number of rotatable bonds is 2. The molecule has 0 saturated carbocycles. The third-order valence-corrected chi connectivity index (χ3v) is 2.61. The maximum absolute atomic E-state index is 12.2. The third kappa shape index (κ3) is 3.80. The summed E-state index contributed by atoms with van der Waals surface area (Å²) in [5.74, 6) is -0.599. The summed E-state index contributed by atoms with van der Waals surface area (Å²) >= 11 is 11.1. The van der Waals surface area contributed by atoms with E-state index in [4.69, 9.17) is 34.0 Å². The second-order valence-electron chi connectivity index (χ2n) is 3.33. The van der Waals surface area contributed by atoms with Gasteiger partial charge in [0.2, 0.25) is 0 Å². The van der Waals surface area contributed by atoms with Gasteiger partial charge in [-0.05, 0) is 12.1 Å². The summed E-state index contributed by atoms with van der Waals surface area (Å²) in [6.07, 6.45) is -7.73. The zero-order valence-corrected chi connectivity index (χ0v) is 10.9. The average Bonchev–Trinajstić information content (AvgIpc) is 2.13.